The number of rotatable bonds is 4. The topological polar surface area (TPSA) is 55.9 Å². The van der Waals surface area contributed by atoms with Gasteiger partial charge in [0.15, 0.2) is 0 Å². The summed E-state index contributed by atoms with van der Waals surface area (Å²) in [6.45, 7) is 6.23. The molecule has 2 aliphatic rings. The Bertz CT molecular complexity index is 913. The lowest BCUT2D eigenvalue weighted by Crippen LogP contribution is -2.45. The number of hydrogen-bond donors (Lipinski definition) is 1. The van der Waals surface area contributed by atoms with Crippen molar-refractivity contribution in [1.82, 2.24) is 9.80 Å². The summed E-state index contributed by atoms with van der Waals surface area (Å²) < 4.78 is 0. The van der Waals surface area contributed by atoms with Gasteiger partial charge in [-0.3, -0.25) is 9.59 Å². The van der Waals surface area contributed by atoms with Crippen LogP contribution in [-0.2, 0) is 4.79 Å². The molecule has 2 aromatic carbocycles. The number of benzene rings is 2. The summed E-state index contributed by atoms with van der Waals surface area (Å²) in [5, 5.41) is 3.03. The van der Waals surface area contributed by atoms with Crippen molar-refractivity contribution >= 4 is 35.0 Å². The minimum absolute atomic E-state index is 0.0951. The van der Waals surface area contributed by atoms with Gasteiger partial charge in [-0.05, 0) is 49.9 Å². The van der Waals surface area contributed by atoms with Crippen molar-refractivity contribution in [3.05, 3.63) is 59.7 Å². The van der Waals surface area contributed by atoms with Crippen molar-refractivity contribution in [3.8, 4) is 0 Å². The van der Waals surface area contributed by atoms with Crippen molar-refractivity contribution in [2.45, 2.75) is 13.0 Å². The summed E-state index contributed by atoms with van der Waals surface area (Å²) in [4.78, 5) is 32.2. The van der Waals surface area contributed by atoms with Gasteiger partial charge in [-0.2, -0.15) is 0 Å². The van der Waals surface area contributed by atoms with E-state index in [1.807, 2.05) is 30.3 Å². The van der Waals surface area contributed by atoms with Crippen LogP contribution in [0.2, 0.25) is 0 Å². The molecule has 30 heavy (non-hydrogen) atoms. The van der Waals surface area contributed by atoms with Crippen molar-refractivity contribution in [3.63, 3.8) is 0 Å². The fourth-order valence-corrected chi connectivity index (χ4v) is 5.12. The van der Waals surface area contributed by atoms with E-state index in [0.717, 1.165) is 37.4 Å². The van der Waals surface area contributed by atoms with E-state index >= 15 is 0 Å². The van der Waals surface area contributed by atoms with Crippen LogP contribution in [0.1, 0.15) is 15.9 Å². The summed E-state index contributed by atoms with van der Waals surface area (Å²) in [6.07, 6.45) is 0. The number of amides is 2. The molecule has 7 heteroatoms. The summed E-state index contributed by atoms with van der Waals surface area (Å²) in [7, 11) is 2.15. The fourth-order valence-electron chi connectivity index (χ4n) is 3.97. The Morgan fingerprint density at radius 3 is 2.47 bits per heavy atom. The van der Waals surface area contributed by atoms with Crippen LogP contribution in [0.5, 0.6) is 0 Å². The molecule has 0 spiro atoms. The van der Waals surface area contributed by atoms with E-state index in [-0.39, 0.29) is 11.8 Å². The molecule has 2 amide bonds. The summed E-state index contributed by atoms with van der Waals surface area (Å²) in [6, 6.07) is 14.8. The Kier molecular flexibility index (Phi) is 6.29. The average molecular weight is 425 g/mol. The second kappa shape index (κ2) is 9.10. The van der Waals surface area contributed by atoms with Gasteiger partial charge >= 0.3 is 0 Å². The lowest BCUT2D eigenvalue weighted by atomic mass is 10.1. The molecule has 2 aliphatic heterocycles. The molecule has 2 aromatic rings. The molecule has 6 nitrogen and oxygen atoms in total. The molecule has 1 unspecified atom stereocenters. The van der Waals surface area contributed by atoms with Crippen LogP contribution in [0.4, 0.5) is 11.4 Å². The molecular weight excluding hydrogens is 396 g/mol. The highest BCUT2D eigenvalue weighted by atomic mass is 32.2. The van der Waals surface area contributed by atoms with E-state index in [9.17, 15) is 9.59 Å². The van der Waals surface area contributed by atoms with E-state index in [1.54, 1.807) is 28.8 Å². The minimum Gasteiger partial charge on any atom is -0.369 e. The van der Waals surface area contributed by atoms with Crippen LogP contribution in [0.25, 0.3) is 0 Å². The largest absolute Gasteiger partial charge is 0.369 e. The van der Waals surface area contributed by atoms with E-state index in [1.165, 1.54) is 5.69 Å². The number of likely N-dealkylation sites (N-methyl/N-ethyl adjacent to an activating group) is 1. The zero-order valence-corrected chi connectivity index (χ0v) is 18.3. The Balaban J connectivity index is 1.43. The van der Waals surface area contributed by atoms with Gasteiger partial charge in [0.25, 0.3) is 5.91 Å². The van der Waals surface area contributed by atoms with Crippen molar-refractivity contribution in [2.24, 2.45) is 0 Å². The Morgan fingerprint density at radius 2 is 1.77 bits per heavy atom. The second-order valence-electron chi connectivity index (χ2n) is 7.94. The second-order valence-corrected chi connectivity index (χ2v) is 8.94. The number of carbonyl (C=O) groups is 2. The molecule has 1 atom stereocenters. The normalized spacial score (nSPS) is 19.7. The maximum absolute atomic E-state index is 13.0. The number of nitrogens with zero attached hydrogens (tertiary/aromatic N) is 3. The molecule has 0 aromatic heterocycles. The molecule has 0 radical (unpaired) electrons. The third-order valence-electron chi connectivity index (χ3n) is 5.77. The van der Waals surface area contributed by atoms with Gasteiger partial charge < -0.3 is 20.0 Å². The maximum atomic E-state index is 13.0. The number of hydrogen-bond acceptors (Lipinski definition) is 5. The van der Waals surface area contributed by atoms with Gasteiger partial charge in [0.05, 0.1) is 5.88 Å². The van der Waals surface area contributed by atoms with E-state index < -0.39 is 6.04 Å². The molecule has 2 fully saturated rings. The fraction of sp³-hybridized carbons (Fsp3) is 0.391. The Morgan fingerprint density at radius 1 is 1.03 bits per heavy atom. The first kappa shape index (κ1) is 20.8. The first-order valence-electron chi connectivity index (χ1n) is 10.3. The Hall–Kier alpha value is -2.51. The average Bonchev–Trinajstić information content (AvgIpc) is 3.25. The molecule has 0 aliphatic carbocycles. The monoisotopic (exact) mass is 424 g/mol. The van der Waals surface area contributed by atoms with Crippen LogP contribution in [0, 0.1) is 6.92 Å². The van der Waals surface area contributed by atoms with Crippen LogP contribution >= 0.6 is 11.8 Å². The highest BCUT2D eigenvalue weighted by Crippen LogP contribution is 2.27. The standard InChI is InChI=1S/C23H28N4O2S/c1-17-14-19(8-9-20(17)26-12-10-25(2)11-13-26)24-22(28)21-15-30-16-27(21)23(29)18-6-4-3-5-7-18/h3-9,14,21H,10-13,15-16H2,1-2H3,(H,24,28). The molecular formula is C23H28N4O2S. The number of nitrogens with one attached hydrogen (secondary N) is 1. The van der Waals surface area contributed by atoms with Crippen LogP contribution in [-0.4, -0.2) is 72.5 Å². The molecule has 1 N–H and O–H groups in total. The minimum atomic E-state index is -0.458. The third kappa shape index (κ3) is 4.47. The van der Waals surface area contributed by atoms with Gasteiger partial charge in [-0.1, -0.05) is 18.2 Å². The smallest absolute Gasteiger partial charge is 0.255 e. The van der Waals surface area contributed by atoms with Crippen molar-refractivity contribution in [1.29, 1.82) is 0 Å². The summed E-state index contributed by atoms with van der Waals surface area (Å²) in [5.74, 6) is 0.925. The first-order chi connectivity index (χ1) is 14.5. The van der Waals surface area contributed by atoms with E-state index in [0.29, 0.717) is 17.2 Å². The highest BCUT2D eigenvalue weighted by Gasteiger charge is 2.35. The van der Waals surface area contributed by atoms with Crippen LogP contribution in [0.3, 0.4) is 0 Å². The lowest BCUT2D eigenvalue weighted by molar-refractivity contribution is -0.119. The third-order valence-corrected chi connectivity index (χ3v) is 6.79. The number of piperazine rings is 1. The number of aryl methyl sites for hydroxylation is 1. The number of carbonyl (C=O) groups excluding carboxylic acids is 2. The van der Waals surface area contributed by atoms with E-state index in [2.05, 4.69) is 35.2 Å². The Labute approximate surface area is 182 Å². The molecule has 0 saturated carbocycles. The molecule has 4 rings (SSSR count). The summed E-state index contributed by atoms with van der Waals surface area (Å²) >= 11 is 1.61. The molecule has 0 bridgehead atoms. The van der Waals surface area contributed by atoms with Gasteiger partial charge in [0.1, 0.15) is 6.04 Å². The predicted molar refractivity (Wildman–Crippen MR) is 123 cm³/mol. The lowest BCUT2D eigenvalue weighted by Gasteiger charge is -2.35. The summed E-state index contributed by atoms with van der Waals surface area (Å²) in [5.41, 5.74) is 3.76. The van der Waals surface area contributed by atoms with Crippen molar-refractivity contribution in [2.75, 3.05) is 55.1 Å². The first-order valence-corrected chi connectivity index (χ1v) is 11.5. The zero-order chi connectivity index (χ0) is 21.1. The zero-order valence-electron chi connectivity index (χ0n) is 17.5. The molecule has 158 valence electrons. The van der Waals surface area contributed by atoms with E-state index in [4.69, 9.17) is 0 Å². The van der Waals surface area contributed by atoms with Crippen LogP contribution < -0.4 is 10.2 Å². The quantitative estimate of drug-likeness (QED) is 0.818. The van der Waals surface area contributed by atoms with Gasteiger partial charge in [0, 0.05) is 48.9 Å². The molecule has 2 heterocycles. The number of thioether (sulfide) groups is 1. The predicted octanol–water partition coefficient (Wildman–Crippen LogP) is 2.90. The highest BCUT2D eigenvalue weighted by molar-refractivity contribution is 7.99. The van der Waals surface area contributed by atoms with Crippen molar-refractivity contribution < 1.29 is 9.59 Å². The maximum Gasteiger partial charge on any atom is 0.255 e. The van der Waals surface area contributed by atoms with Gasteiger partial charge in [-0.25, -0.2) is 0 Å². The SMILES string of the molecule is Cc1cc(NC(=O)C2CSCN2C(=O)c2ccccc2)ccc1N1CCN(C)CC1. The molecule has 2 saturated heterocycles. The van der Waals surface area contributed by atoms with Gasteiger partial charge in [-0.15, -0.1) is 11.8 Å². The van der Waals surface area contributed by atoms with Crippen LogP contribution in [0.15, 0.2) is 48.5 Å². The number of anilines is 2. The van der Waals surface area contributed by atoms with Gasteiger partial charge in [0.2, 0.25) is 5.91 Å².